The lowest BCUT2D eigenvalue weighted by Gasteiger charge is -2.37. The molecular formula is C19H17F3O5. The summed E-state index contributed by atoms with van der Waals surface area (Å²) in [5.74, 6) is -0.305. The summed E-state index contributed by atoms with van der Waals surface area (Å²) < 4.78 is 56.1. The van der Waals surface area contributed by atoms with Crippen LogP contribution in [0.4, 0.5) is 13.2 Å². The smallest absolute Gasteiger partial charge is 0.493 e. The zero-order valence-corrected chi connectivity index (χ0v) is 14.4. The second-order valence-corrected chi connectivity index (χ2v) is 6.53. The van der Waals surface area contributed by atoms with Gasteiger partial charge in [-0.15, -0.1) is 13.2 Å². The lowest BCUT2D eigenvalue weighted by molar-refractivity contribution is -0.274. The van der Waals surface area contributed by atoms with Crippen molar-refractivity contribution in [2.45, 2.75) is 13.3 Å². The van der Waals surface area contributed by atoms with Crippen LogP contribution in [0, 0.1) is 5.41 Å². The van der Waals surface area contributed by atoms with Crippen LogP contribution in [0.1, 0.15) is 17.3 Å². The molecule has 2 aromatic rings. The maximum atomic E-state index is 12.1. The molecule has 3 rings (SSSR count). The van der Waals surface area contributed by atoms with E-state index in [0.717, 1.165) is 12.1 Å². The Hall–Kier alpha value is -2.74. The SMILES string of the molecule is CC1(COc2ccc(C(=O)Oc3ccc(OC(F)(F)F)cc3)cc2)COC1. The molecule has 27 heavy (non-hydrogen) atoms. The van der Waals surface area contributed by atoms with E-state index in [4.69, 9.17) is 14.2 Å². The topological polar surface area (TPSA) is 54.0 Å². The molecule has 1 aliphatic rings. The van der Waals surface area contributed by atoms with Crippen molar-refractivity contribution in [2.24, 2.45) is 5.41 Å². The number of benzene rings is 2. The van der Waals surface area contributed by atoms with Crippen LogP contribution in [-0.4, -0.2) is 32.2 Å². The lowest BCUT2D eigenvalue weighted by atomic mass is 9.90. The summed E-state index contributed by atoms with van der Waals surface area (Å²) in [6.07, 6.45) is -4.77. The summed E-state index contributed by atoms with van der Waals surface area (Å²) in [6.45, 7) is 3.89. The van der Waals surface area contributed by atoms with E-state index in [-0.39, 0.29) is 16.7 Å². The van der Waals surface area contributed by atoms with Crippen LogP contribution < -0.4 is 14.2 Å². The van der Waals surface area contributed by atoms with Gasteiger partial charge in [-0.2, -0.15) is 0 Å². The molecular weight excluding hydrogens is 365 g/mol. The minimum atomic E-state index is -4.77. The number of ether oxygens (including phenoxy) is 4. The van der Waals surface area contributed by atoms with Crippen LogP contribution in [0.3, 0.4) is 0 Å². The molecule has 0 bridgehead atoms. The van der Waals surface area contributed by atoms with Gasteiger partial charge < -0.3 is 18.9 Å². The third-order valence-electron chi connectivity index (χ3n) is 3.85. The lowest BCUT2D eigenvalue weighted by Crippen LogP contribution is -2.44. The van der Waals surface area contributed by atoms with Gasteiger partial charge >= 0.3 is 12.3 Å². The first kappa shape index (κ1) is 19.0. The Morgan fingerprint density at radius 3 is 2.07 bits per heavy atom. The Bertz CT molecular complexity index is 780. The fourth-order valence-corrected chi connectivity index (χ4v) is 2.35. The van der Waals surface area contributed by atoms with E-state index in [0.29, 0.717) is 25.6 Å². The zero-order chi connectivity index (χ0) is 19.5. The van der Waals surface area contributed by atoms with Crippen LogP contribution >= 0.6 is 0 Å². The Morgan fingerprint density at radius 1 is 1.00 bits per heavy atom. The van der Waals surface area contributed by atoms with Crippen LogP contribution in [-0.2, 0) is 4.74 Å². The molecule has 1 saturated heterocycles. The molecule has 0 unspecified atom stereocenters. The van der Waals surface area contributed by atoms with E-state index in [1.165, 1.54) is 12.1 Å². The third kappa shape index (κ3) is 5.37. The number of carbonyl (C=O) groups excluding carboxylic acids is 1. The van der Waals surface area contributed by atoms with Crippen LogP contribution in [0.25, 0.3) is 0 Å². The molecule has 144 valence electrons. The van der Waals surface area contributed by atoms with E-state index < -0.39 is 18.1 Å². The molecule has 1 heterocycles. The first-order valence-corrected chi connectivity index (χ1v) is 8.11. The molecule has 0 amide bonds. The first-order chi connectivity index (χ1) is 12.7. The second-order valence-electron chi connectivity index (χ2n) is 6.53. The van der Waals surface area contributed by atoms with Gasteiger partial charge in [0, 0.05) is 5.41 Å². The fraction of sp³-hybridized carbons (Fsp3) is 0.316. The minimum Gasteiger partial charge on any atom is -0.493 e. The molecule has 0 radical (unpaired) electrons. The van der Waals surface area contributed by atoms with Crippen molar-refractivity contribution in [1.29, 1.82) is 0 Å². The van der Waals surface area contributed by atoms with Crippen LogP contribution in [0.2, 0.25) is 0 Å². The van der Waals surface area contributed by atoms with E-state index in [2.05, 4.69) is 11.7 Å². The number of esters is 1. The first-order valence-electron chi connectivity index (χ1n) is 8.11. The number of hydrogen-bond donors (Lipinski definition) is 0. The fourth-order valence-electron chi connectivity index (χ4n) is 2.35. The summed E-state index contributed by atoms with van der Waals surface area (Å²) in [4.78, 5) is 12.1. The summed E-state index contributed by atoms with van der Waals surface area (Å²) in [5.41, 5.74) is 0.302. The summed E-state index contributed by atoms with van der Waals surface area (Å²) in [6, 6.07) is 11.0. The van der Waals surface area contributed by atoms with Gasteiger partial charge in [0.25, 0.3) is 0 Å². The largest absolute Gasteiger partial charge is 0.573 e. The molecule has 0 aromatic heterocycles. The highest BCUT2D eigenvalue weighted by Gasteiger charge is 2.34. The van der Waals surface area contributed by atoms with Crippen LogP contribution in [0.5, 0.6) is 17.2 Å². The highest BCUT2D eigenvalue weighted by Crippen LogP contribution is 2.28. The number of carbonyl (C=O) groups is 1. The average Bonchev–Trinajstić information content (AvgIpc) is 2.59. The molecule has 8 heteroatoms. The van der Waals surface area contributed by atoms with E-state index >= 15 is 0 Å². The number of halogens is 3. The predicted octanol–water partition coefficient (Wildman–Crippen LogP) is 4.22. The Kier molecular flexibility index (Phi) is 5.27. The molecule has 1 fully saturated rings. The standard InChI is InChI=1S/C19H17F3O5/c1-18(10-24-11-18)12-25-14-4-2-13(3-5-14)17(23)26-15-6-8-16(9-7-15)27-19(20,21)22/h2-9H,10-12H2,1H3. The zero-order valence-electron chi connectivity index (χ0n) is 14.4. The van der Waals surface area contributed by atoms with Crippen molar-refractivity contribution in [1.82, 2.24) is 0 Å². The summed E-state index contributed by atoms with van der Waals surface area (Å²) in [7, 11) is 0. The Labute approximate surface area is 153 Å². The predicted molar refractivity (Wildman–Crippen MR) is 88.9 cm³/mol. The van der Waals surface area contributed by atoms with Crippen LogP contribution in [0.15, 0.2) is 48.5 Å². The minimum absolute atomic E-state index is 0.0135. The van der Waals surface area contributed by atoms with Gasteiger partial charge in [-0.3, -0.25) is 0 Å². The van der Waals surface area contributed by atoms with Crippen molar-refractivity contribution in [3.8, 4) is 17.2 Å². The van der Waals surface area contributed by atoms with Crippen molar-refractivity contribution in [3.63, 3.8) is 0 Å². The van der Waals surface area contributed by atoms with E-state index in [1.807, 2.05) is 0 Å². The molecule has 0 saturated carbocycles. The van der Waals surface area contributed by atoms with Gasteiger partial charge in [0.15, 0.2) is 0 Å². The van der Waals surface area contributed by atoms with Crippen molar-refractivity contribution in [2.75, 3.05) is 19.8 Å². The number of rotatable bonds is 6. The maximum absolute atomic E-state index is 12.1. The number of hydrogen-bond acceptors (Lipinski definition) is 5. The quantitative estimate of drug-likeness (QED) is 0.553. The van der Waals surface area contributed by atoms with Crippen molar-refractivity contribution >= 4 is 5.97 Å². The normalized spacial score (nSPS) is 15.6. The van der Waals surface area contributed by atoms with Gasteiger partial charge in [-0.1, -0.05) is 6.92 Å². The maximum Gasteiger partial charge on any atom is 0.573 e. The average molecular weight is 382 g/mol. The molecule has 0 N–H and O–H groups in total. The third-order valence-corrected chi connectivity index (χ3v) is 3.85. The van der Waals surface area contributed by atoms with E-state index in [9.17, 15) is 18.0 Å². The Morgan fingerprint density at radius 2 is 1.56 bits per heavy atom. The van der Waals surface area contributed by atoms with Gasteiger partial charge in [-0.25, -0.2) is 4.79 Å². The van der Waals surface area contributed by atoms with Gasteiger partial charge in [0.2, 0.25) is 0 Å². The monoisotopic (exact) mass is 382 g/mol. The molecule has 0 aliphatic carbocycles. The molecule has 1 aliphatic heterocycles. The van der Waals surface area contributed by atoms with Gasteiger partial charge in [0.1, 0.15) is 17.2 Å². The molecule has 2 aromatic carbocycles. The van der Waals surface area contributed by atoms with Gasteiger partial charge in [0.05, 0.1) is 25.4 Å². The van der Waals surface area contributed by atoms with Gasteiger partial charge in [-0.05, 0) is 48.5 Å². The second kappa shape index (κ2) is 7.48. The highest BCUT2D eigenvalue weighted by atomic mass is 19.4. The molecule has 5 nitrogen and oxygen atoms in total. The van der Waals surface area contributed by atoms with Crippen molar-refractivity contribution in [3.05, 3.63) is 54.1 Å². The highest BCUT2D eigenvalue weighted by molar-refractivity contribution is 5.91. The van der Waals surface area contributed by atoms with E-state index in [1.54, 1.807) is 24.3 Å². The van der Waals surface area contributed by atoms with Crippen molar-refractivity contribution < 1.29 is 36.9 Å². The molecule has 0 spiro atoms. The Balaban J connectivity index is 1.54. The molecule has 0 atom stereocenters. The summed E-state index contributed by atoms with van der Waals surface area (Å²) in [5, 5.41) is 0. The summed E-state index contributed by atoms with van der Waals surface area (Å²) >= 11 is 0. The number of alkyl halides is 3.